The average molecular weight is 438 g/mol. The topological polar surface area (TPSA) is 126 Å². The molecule has 3 rings (SSSR count). The van der Waals surface area contributed by atoms with Gasteiger partial charge in [0.1, 0.15) is 6.10 Å². The monoisotopic (exact) mass is 438 g/mol. The normalized spacial score (nSPS) is 11.5. The third-order valence-electron chi connectivity index (χ3n) is 4.74. The van der Waals surface area contributed by atoms with E-state index in [0.29, 0.717) is 23.6 Å². The Bertz CT molecular complexity index is 1050. The highest BCUT2D eigenvalue weighted by Gasteiger charge is 2.11. The van der Waals surface area contributed by atoms with E-state index in [0.717, 1.165) is 16.7 Å². The number of benzene rings is 2. The first kappa shape index (κ1) is 22.8. The van der Waals surface area contributed by atoms with E-state index in [1.165, 1.54) is 6.39 Å². The van der Waals surface area contributed by atoms with Crippen molar-refractivity contribution in [1.82, 2.24) is 10.3 Å². The summed E-state index contributed by atoms with van der Waals surface area (Å²) in [4.78, 5) is 28.1. The molecular formula is C23H26N4O5. The summed E-state index contributed by atoms with van der Waals surface area (Å²) in [5.74, 6) is 0.661. The summed E-state index contributed by atoms with van der Waals surface area (Å²) < 4.78 is 10.4. The molecule has 0 aliphatic rings. The average Bonchev–Trinajstić information content (AvgIpc) is 3.31. The number of aryl methyl sites for hydroxylation is 1. The molecule has 0 bridgehead atoms. The standard InChI is InChI=1S/C23H26N4O5/c1-3-19(13-28)32-23(30)25-11-16-5-4-6-17(10-16)26-22(29)27-18-7-8-20(15(2)9-18)21-12-24-14-31-21/h4-10,12,14,19,28H,3,11,13H2,1-2H3,(H,25,30)(H2,26,27,29). The SMILES string of the molecule is CCC(CO)OC(=O)NCc1cccc(NC(=O)Nc2ccc(-c3cnco3)c(C)c2)c1. The maximum absolute atomic E-state index is 12.4. The number of carbonyl (C=O) groups is 2. The van der Waals surface area contributed by atoms with Gasteiger partial charge >= 0.3 is 12.1 Å². The Hall–Kier alpha value is -3.85. The number of nitrogens with zero attached hydrogens (tertiary/aromatic N) is 1. The van der Waals surface area contributed by atoms with Gasteiger partial charge in [-0.3, -0.25) is 0 Å². The Kier molecular flexibility index (Phi) is 7.82. The van der Waals surface area contributed by atoms with E-state index in [9.17, 15) is 9.59 Å². The molecule has 0 radical (unpaired) electrons. The van der Waals surface area contributed by atoms with E-state index in [-0.39, 0.29) is 13.2 Å². The van der Waals surface area contributed by atoms with Crippen LogP contribution in [0.1, 0.15) is 24.5 Å². The van der Waals surface area contributed by atoms with Crippen LogP contribution in [-0.2, 0) is 11.3 Å². The number of amides is 3. The molecule has 0 saturated carbocycles. The molecule has 0 aliphatic carbocycles. The fourth-order valence-electron chi connectivity index (χ4n) is 3.04. The number of anilines is 2. The van der Waals surface area contributed by atoms with Crippen molar-refractivity contribution >= 4 is 23.5 Å². The predicted octanol–water partition coefficient (Wildman–Crippen LogP) is 4.29. The van der Waals surface area contributed by atoms with Crippen LogP contribution in [0.2, 0.25) is 0 Å². The Morgan fingerprint density at radius 3 is 2.59 bits per heavy atom. The van der Waals surface area contributed by atoms with Crippen LogP contribution in [0.25, 0.3) is 11.3 Å². The number of alkyl carbamates (subject to hydrolysis) is 1. The highest BCUT2D eigenvalue weighted by Crippen LogP contribution is 2.25. The molecule has 168 valence electrons. The van der Waals surface area contributed by atoms with Crippen molar-refractivity contribution in [3.8, 4) is 11.3 Å². The maximum Gasteiger partial charge on any atom is 0.407 e. The van der Waals surface area contributed by atoms with Crippen molar-refractivity contribution in [2.75, 3.05) is 17.2 Å². The van der Waals surface area contributed by atoms with Crippen molar-refractivity contribution in [2.24, 2.45) is 0 Å². The summed E-state index contributed by atoms with van der Waals surface area (Å²) in [6.07, 6.45) is 2.41. The van der Waals surface area contributed by atoms with E-state index >= 15 is 0 Å². The largest absolute Gasteiger partial charge is 0.444 e. The van der Waals surface area contributed by atoms with Gasteiger partial charge in [-0.25, -0.2) is 14.6 Å². The molecule has 1 heterocycles. The van der Waals surface area contributed by atoms with Crippen molar-refractivity contribution in [3.63, 3.8) is 0 Å². The Labute approximate surface area is 185 Å². The molecule has 1 unspecified atom stereocenters. The van der Waals surface area contributed by atoms with Crippen LogP contribution >= 0.6 is 0 Å². The number of ether oxygens (including phenoxy) is 1. The molecular weight excluding hydrogens is 412 g/mol. The van der Waals surface area contributed by atoms with Gasteiger partial charge in [0.2, 0.25) is 0 Å². The number of nitrogens with one attached hydrogen (secondary N) is 3. The van der Waals surface area contributed by atoms with Gasteiger partial charge in [-0.05, 0) is 54.8 Å². The first-order valence-corrected chi connectivity index (χ1v) is 10.2. The number of oxazole rings is 1. The lowest BCUT2D eigenvalue weighted by atomic mass is 10.1. The second-order valence-corrected chi connectivity index (χ2v) is 7.15. The number of hydrogen-bond acceptors (Lipinski definition) is 6. The zero-order chi connectivity index (χ0) is 22.9. The van der Waals surface area contributed by atoms with Crippen LogP contribution in [0.15, 0.2) is 59.5 Å². The van der Waals surface area contributed by atoms with Crippen LogP contribution in [0.4, 0.5) is 21.0 Å². The van der Waals surface area contributed by atoms with Gasteiger partial charge in [0, 0.05) is 23.5 Å². The summed E-state index contributed by atoms with van der Waals surface area (Å²) in [5.41, 5.74) is 3.83. The lowest BCUT2D eigenvalue weighted by molar-refractivity contribution is 0.0553. The predicted molar refractivity (Wildman–Crippen MR) is 120 cm³/mol. The fourth-order valence-corrected chi connectivity index (χ4v) is 3.04. The van der Waals surface area contributed by atoms with Crippen molar-refractivity contribution in [1.29, 1.82) is 0 Å². The summed E-state index contributed by atoms with van der Waals surface area (Å²) in [7, 11) is 0. The molecule has 1 aromatic heterocycles. The van der Waals surface area contributed by atoms with E-state index in [1.54, 1.807) is 30.5 Å². The van der Waals surface area contributed by atoms with Crippen molar-refractivity contribution in [2.45, 2.75) is 32.9 Å². The Morgan fingerprint density at radius 1 is 1.16 bits per heavy atom. The van der Waals surface area contributed by atoms with E-state index in [1.807, 2.05) is 32.0 Å². The number of aliphatic hydroxyl groups is 1. The zero-order valence-corrected chi connectivity index (χ0v) is 17.9. The molecule has 3 aromatic rings. The third kappa shape index (κ3) is 6.32. The molecule has 3 amide bonds. The molecule has 0 spiro atoms. The van der Waals surface area contributed by atoms with Crippen LogP contribution in [0.3, 0.4) is 0 Å². The lowest BCUT2D eigenvalue weighted by Crippen LogP contribution is -2.30. The molecule has 9 nitrogen and oxygen atoms in total. The van der Waals surface area contributed by atoms with E-state index in [4.69, 9.17) is 14.3 Å². The first-order valence-electron chi connectivity index (χ1n) is 10.2. The summed E-state index contributed by atoms with van der Waals surface area (Å²) >= 11 is 0. The third-order valence-corrected chi connectivity index (χ3v) is 4.74. The molecule has 0 saturated heterocycles. The molecule has 2 aromatic carbocycles. The van der Waals surface area contributed by atoms with Crippen molar-refractivity contribution in [3.05, 3.63) is 66.2 Å². The molecule has 0 aliphatic heterocycles. The summed E-state index contributed by atoms with van der Waals surface area (Å²) in [5, 5.41) is 17.3. The second-order valence-electron chi connectivity index (χ2n) is 7.15. The number of carbonyl (C=O) groups excluding carboxylic acids is 2. The van der Waals surface area contributed by atoms with Gasteiger partial charge in [0.15, 0.2) is 12.2 Å². The molecule has 9 heteroatoms. The second kappa shape index (κ2) is 11.0. The van der Waals surface area contributed by atoms with Crippen LogP contribution in [0, 0.1) is 6.92 Å². The molecule has 1 atom stereocenters. The van der Waals surface area contributed by atoms with E-state index in [2.05, 4.69) is 20.9 Å². The minimum Gasteiger partial charge on any atom is -0.444 e. The van der Waals surface area contributed by atoms with E-state index < -0.39 is 18.2 Å². The van der Waals surface area contributed by atoms with Crippen LogP contribution < -0.4 is 16.0 Å². The quantitative estimate of drug-likeness (QED) is 0.416. The maximum atomic E-state index is 12.4. The van der Waals surface area contributed by atoms with Gasteiger partial charge < -0.3 is 30.2 Å². The number of aromatic nitrogens is 1. The highest BCUT2D eigenvalue weighted by molar-refractivity contribution is 6.00. The number of urea groups is 1. The van der Waals surface area contributed by atoms with Gasteiger partial charge in [0.25, 0.3) is 0 Å². The Morgan fingerprint density at radius 2 is 1.94 bits per heavy atom. The number of hydrogen-bond donors (Lipinski definition) is 4. The van der Waals surface area contributed by atoms with Crippen molar-refractivity contribution < 1.29 is 23.8 Å². The first-order chi connectivity index (χ1) is 15.5. The lowest BCUT2D eigenvalue weighted by Gasteiger charge is -2.14. The van der Waals surface area contributed by atoms with Crippen LogP contribution in [-0.4, -0.2) is 34.9 Å². The minimum atomic E-state index is -0.605. The molecule has 4 N–H and O–H groups in total. The van der Waals surface area contributed by atoms with Gasteiger partial charge in [-0.15, -0.1) is 0 Å². The summed E-state index contributed by atoms with van der Waals surface area (Å²) in [6, 6.07) is 12.2. The highest BCUT2D eigenvalue weighted by atomic mass is 16.6. The fraction of sp³-hybridized carbons (Fsp3) is 0.261. The number of aliphatic hydroxyl groups excluding tert-OH is 1. The van der Waals surface area contributed by atoms with Crippen LogP contribution in [0.5, 0.6) is 0 Å². The van der Waals surface area contributed by atoms with Gasteiger partial charge in [-0.1, -0.05) is 19.1 Å². The van der Waals surface area contributed by atoms with Gasteiger partial charge in [0.05, 0.1) is 12.8 Å². The number of rotatable bonds is 8. The zero-order valence-electron chi connectivity index (χ0n) is 17.9. The summed E-state index contributed by atoms with van der Waals surface area (Å²) in [6.45, 7) is 3.74. The van der Waals surface area contributed by atoms with Gasteiger partial charge in [-0.2, -0.15) is 0 Å². The molecule has 32 heavy (non-hydrogen) atoms. The Balaban J connectivity index is 1.54. The molecule has 0 fully saturated rings. The smallest absolute Gasteiger partial charge is 0.407 e. The minimum absolute atomic E-state index is 0.221.